The van der Waals surface area contributed by atoms with Crippen LogP contribution in [0.1, 0.15) is 11.1 Å². The largest absolute Gasteiger partial charge is 0.438 e. The topological polar surface area (TPSA) is 48.1 Å². The smallest absolute Gasteiger partial charge is 0.229 e. The summed E-state index contributed by atoms with van der Waals surface area (Å²) in [6.45, 7) is 1.94. The van der Waals surface area contributed by atoms with Gasteiger partial charge in [-0.25, -0.2) is 4.98 Å². The number of nitrogens with zero attached hydrogens (tertiary/aromatic N) is 1. The lowest BCUT2D eigenvalue weighted by Gasteiger charge is -2.12. The number of aryl methyl sites for hydroxylation is 1. The summed E-state index contributed by atoms with van der Waals surface area (Å²) in [6, 6.07) is 15.8. The molecule has 0 unspecified atom stereocenters. The molecule has 0 fully saturated rings. The number of benzene rings is 2. The highest BCUT2D eigenvalue weighted by Crippen LogP contribution is 2.31. The van der Waals surface area contributed by atoms with Gasteiger partial charge in [0.2, 0.25) is 5.88 Å². The first-order chi connectivity index (χ1) is 10.2. The Kier molecular flexibility index (Phi) is 3.54. The van der Waals surface area contributed by atoms with Crippen LogP contribution >= 0.6 is 12.2 Å². The van der Waals surface area contributed by atoms with E-state index in [-0.39, 0.29) is 4.99 Å². The van der Waals surface area contributed by atoms with Gasteiger partial charge in [0.05, 0.1) is 5.56 Å². The zero-order valence-corrected chi connectivity index (χ0v) is 12.4. The number of rotatable bonds is 3. The van der Waals surface area contributed by atoms with Crippen molar-refractivity contribution in [2.45, 2.75) is 6.92 Å². The first-order valence-electron chi connectivity index (χ1n) is 6.58. The van der Waals surface area contributed by atoms with Crippen LogP contribution in [0.15, 0.2) is 54.7 Å². The van der Waals surface area contributed by atoms with E-state index in [2.05, 4.69) is 4.98 Å². The maximum atomic E-state index is 5.99. The Morgan fingerprint density at radius 3 is 2.67 bits per heavy atom. The number of hydrogen-bond donors (Lipinski definition) is 1. The van der Waals surface area contributed by atoms with E-state index in [4.69, 9.17) is 22.7 Å². The summed E-state index contributed by atoms with van der Waals surface area (Å²) in [7, 11) is 0. The molecule has 3 nitrogen and oxygen atoms in total. The summed E-state index contributed by atoms with van der Waals surface area (Å²) in [5, 5.41) is 2.14. The van der Waals surface area contributed by atoms with E-state index in [0.29, 0.717) is 11.4 Å². The fraction of sp³-hybridized carbons (Fsp3) is 0.0588. The third kappa shape index (κ3) is 2.58. The highest BCUT2D eigenvalue weighted by atomic mass is 32.1. The minimum atomic E-state index is 0.288. The van der Waals surface area contributed by atoms with Crippen LogP contribution in [0.3, 0.4) is 0 Å². The summed E-state index contributed by atoms with van der Waals surface area (Å²) in [4.78, 5) is 4.56. The Labute approximate surface area is 128 Å². The predicted octanol–water partition coefficient (Wildman–Crippen LogP) is 3.97. The molecule has 0 aliphatic rings. The maximum Gasteiger partial charge on any atom is 0.229 e. The summed E-state index contributed by atoms with van der Waals surface area (Å²) in [6.07, 6.45) is 1.69. The molecule has 0 spiro atoms. The molecule has 0 radical (unpaired) electrons. The molecule has 0 atom stereocenters. The highest BCUT2D eigenvalue weighted by Gasteiger charge is 2.13. The summed E-state index contributed by atoms with van der Waals surface area (Å²) in [5.74, 6) is 1.18. The average Bonchev–Trinajstić information content (AvgIpc) is 2.47. The molecule has 104 valence electrons. The van der Waals surface area contributed by atoms with E-state index in [1.54, 1.807) is 6.20 Å². The molecule has 0 bridgehead atoms. The Morgan fingerprint density at radius 2 is 1.86 bits per heavy atom. The molecule has 0 amide bonds. The summed E-state index contributed by atoms with van der Waals surface area (Å²) in [5.41, 5.74) is 7.43. The van der Waals surface area contributed by atoms with E-state index in [9.17, 15) is 0 Å². The normalized spacial score (nSPS) is 10.5. The molecule has 0 saturated heterocycles. The SMILES string of the molecule is Cc1ccnc(Oc2cccc3ccccc23)c1C(N)=S. The molecule has 0 saturated carbocycles. The van der Waals surface area contributed by atoms with Gasteiger partial charge >= 0.3 is 0 Å². The van der Waals surface area contributed by atoms with Crippen molar-refractivity contribution in [1.29, 1.82) is 0 Å². The van der Waals surface area contributed by atoms with Crippen LogP contribution in [0.5, 0.6) is 11.6 Å². The van der Waals surface area contributed by atoms with Crippen LogP contribution in [0.2, 0.25) is 0 Å². The van der Waals surface area contributed by atoms with Crippen LogP contribution < -0.4 is 10.5 Å². The molecule has 1 heterocycles. The van der Waals surface area contributed by atoms with Crippen molar-refractivity contribution < 1.29 is 4.74 Å². The standard InChI is InChI=1S/C17H14N2OS/c1-11-9-10-19-17(15(11)16(18)21)20-14-8-4-6-12-5-2-3-7-13(12)14/h2-10H,1H3,(H2,18,21). The second-order valence-corrected chi connectivity index (χ2v) is 5.19. The van der Waals surface area contributed by atoms with Gasteiger partial charge in [0.1, 0.15) is 10.7 Å². The first-order valence-corrected chi connectivity index (χ1v) is 6.98. The predicted molar refractivity (Wildman–Crippen MR) is 88.9 cm³/mol. The molecular weight excluding hydrogens is 280 g/mol. The number of nitrogens with two attached hydrogens (primary N) is 1. The second kappa shape index (κ2) is 5.50. The number of pyridine rings is 1. The van der Waals surface area contributed by atoms with Crippen LogP contribution in [0.4, 0.5) is 0 Å². The molecule has 0 aliphatic carbocycles. The third-order valence-electron chi connectivity index (χ3n) is 3.33. The molecule has 1 aromatic heterocycles. The van der Waals surface area contributed by atoms with Crippen molar-refractivity contribution in [3.8, 4) is 11.6 Å². The molecule has 3 rings (SSSR count). The molecule has 21 heavy (non-hydrogen) atoms. The van der Waals surface area contributed by atoms with Crippen molar-refractivity contribution in [3.63, 3.8) is 0 Å². The van der Waals surface area contributed by atoms with E-state index in [1.165, 1.54) is 0 Å². The fourth-order valence-corrected chi connectivity index (χ4v) is 2.55. The van der Waals surface area contributed by atoms with Crippen LogP contribution in [-0.4, -0.2) is 9.97 Å². The lowest BCUT2D eigenvalue weighted by molar-refractivity contribution is 0.466. The van der Waals surface area contributed by atoms with Gasteiger partial charge in [-0.2, -0.15) is 0 Å². The van der Waals surface area contributed by atoms with Crippen molar-refractivity contribution in [2.24, 2.45) is 5.73 Å². The highest BCUT2D eigenvalue weighted by molar-refractivity contribution is 7.80. The molecule has 4 heteroatoms. The van der Waals surface area contributed by atoms with Gasteiger partial charge in [0.25, 0.3) is 0 Å². The summed E-state index contributed by atoms with van der Waals surface area (Å²) >= 11 is 5.11. The Morgan fingerprint density at radius 1 is 1.10 bits per heavy atom. The van der Waals surface area contributed by atoms with Crippen molar-refractivity contribution in [1.82, 2.24) is 4.98 Å². The zero-order valence-electron chi connectivity index (χ0n) is 11.5. The van der Waals surface area contributed by atoms with Gasteiger partial charge in [-0.15, -0.1) is 0 Å². The Balaban J connectivity index is 2.12. The van der Waals surface area contributed by atoms with Gasteiger partial charge < -0.3 is 10.5 Å². The molecular formula is C17H14N2OS. The number of hydrogen-bond acceptors (Lipinski definition) is 3. The lowest BCUT2D eigenvalue weighted by atomic mass is 10.1. The lowest BCUT2D eigenvalue weighted by Crippen LogP contribution is -2.13. The molecule has 0 aliphatic heterocycles. The van der Waals surface area contributed by atoms with Gasteiger partial charge in [0, 0.05) is 11.6 Å². The molecule has 2 aromatic carbocycles. The van der Waals surface area contributed by atoms with Crippen LogP contribution in [0.25, 0.3) is 10.8 Å². The van der Waals surface area contributed by atoms with E-state index < -0.39 is 0 Å². The minimum Gasteiger partial charge on any atom is -0.438 e. The van der Waals surface area contributed by atoms with Crippen LogP contribution in [0, 0.1) is 6.92 Å². The van der Waals surface area contributed by atoms with Gasteiger partial charge in [0.15, 0.2) is 0 Å². The third-order valence-corrected chi connectivity index (χ3v) is 3.53. The monoisotopic (exact) mass is 294 g/mol. The van der Waals surface area contributed by atoms with Crippen molar-refractivity contribution in [2.75, 3.05) is 0 Å². The van der Waals surface area contributed by atoms with Crippen molar-refractivity contribution in [3.05, 3.63) is 65.9 Å². The van der Waals surface area contributed by atoms with Crippen LogP contribution in [-0.2, 0) is 0 Å². The number of ether oxygens (including phenoxy) is 1. The Bertz CT molecular complexity index is 825. The number of aromatic nitrogens is 1. The first kappa shape index (κ1) is 13.5. The second-order valence-electron chi connectivity index (χ2n) is 4.75. The maximum absolute atomic E-state index is 5.99. The quantitative estimate of drug-likeness (QED) is 0.743. The minimum absolute atomic E-state index is 0.288. The fourth-order valence-electron chi connectivity index (χ4n) is 2.30. The number of thiocarbonyl (C=S) groups is 1. The van der Waals surface area contributed by atoms with E-state index in [0.717, 1.165) is 22.1 Å². The summed E-state index contributed by atoms with van der Waals surface area (Å²) < 4.78 is 5.99. The van der Waals surface area contributed by atoms with E-state index >= 15 is 0 Å². The van der Waals surface area contributed by atoms with Crippen molar-refractivity contribution >= 4 is 28.0 Å². The van der Waals surface area contributed by atoms with E-state index in [1.807, 2.05) is 55.5 Å². The number of fused-ring (bicyclic) bond motifs is 1. The van der Waals surface area contributed by atoms with Gasteiger partial charge in [-0.1, -0.05) is 48.6 Å². The van der Waals surface area contributed by atoms with Gasteiger partial charge in [-0.3, -0.25) is 0 Å². The zero-order chi connectivity index (χ0) is 14.8. The van der Waals surface area contributed by atoms with Gasteiger partial charge in [-0.05, 0) is 30.0 Å². The average molecular weight is 294 g/mol. The molecule has 3 aromatic rings. The molecule has 2 N–H and O–H groups in total. The Hall–Kier alpha value is -2.46.